The number of nitrogens with one attached hydrogen (secondary N) is 2. The molecule has 2 rings (SSSR count). The molecular weight excluding hydrogens is 480 g/mol. The van der Waals surface area contributed by atoms with E-state index in [9.17, 15) is 14.4 Å². The van der Waals surface area contributed by atoms with Crippen molar-refractivity contribution in [2.45, 2.75) is 0 Å². The molecule has 0 atom stereocenters. The summed E-state index contributed by atoms with van der Waals surface area (Å²) < 4.78 is 11.3. The number of hydrogen-bond acceptors (Lipinski definition) is 6. The van der Waals surface area contributed by atoms with Crippen molar-refractivity contribution in [2.75, 3.05) is 13.7 Å². The first-order valence-corrected chi connectivity index (χ1v) is 9.16. The monoisotopic (exact) mass is 490 g/mol. The molecule has 0 spiro atoms. The van der Waals surface area contributed by atoms with Gasteiger partial charge in [0, 0.05) is 10.0 Å². The molecule has 10 heteroatoms. The Kier molecular flexibility index (Phi) is 6.97. The molecule has 1 heterocycles. The lowest BCUT2D eigenvalue weighted by atomic mass is 10.2. The Hall–Kier alpha value is -1.91. The molecule has 0 bridgehead atoms. The Labute approximate surface area is 163 Å². The van der Waals surface area contributed by atoms with E-state index in [0.717, 1.165) is 8.26 Å². The molecule has 0 saturated carbocycles. The maximum atomic E-state index is 11.9. The number of carbonyl (C=O) groups is 3. The van der Waals surface area contributed by atoms with Gasteiger partial charge in [-0.15, -0.1) is 11.3 Å². The lowest BCUT2D eigenvalue weighted by Crippen LogP contribution is -2.43. The standard InChI is InChI=1S/C15H12Br2N2O5S/c1-23-9-4-2-8(3-5-9)14(21)19-18-12(20)7-24-15(22)11-6-10(16)13(17)25-11/h2-6H,7H2,1H3,(H,18,20)(H,19,21). The van der Waals surface area contributed by atoms with Crippen molar-refractivity contribution >= 4 is 61.0 Å². The van der Waals surface area contributed by atoms with Crippen LogP contribution in [-0.4, -0.2) is 31.5 Å². The zero-order valence-corrected chi connectivity index (χ0v) is 16.8. The van der Waals surface area contributed by atoms with E-state index >= 15 is 0 Å². The fourth-order valence-corrected chi connectivity index (χ4v) is 3.56. The van der Waals surface area contributed by atoms with Gasteiger partial charge in [0.1, 0.15) is 10.6 Å². The topological polar surface area (TPSA) is 93.7 Å². The fraction of sp³-hybridized carbons (Fsp3) is 0.133. The second-order valence-corrected chi connectivity index (χ2v) is 7.76. The lowest BCUT2D eigenvalue weighted by Gasteiger charge is -2.08. The highest BCUT2D eigenvalue weighted by molar-refractivity contribution is 9.13. The van der Waals surface area contributed by atoms with Crippen LogP contribution in [0.4, 0.5) is 0 Å². The van der Waals surface area contributed by atoms with E-state index in [1.807, 2.05) is 0 Å². The molecule has 0 saturated heterocycles. The van der Waals surface area contributed by atoms with Crippen LogP contribution in [0.5, 0.6) is 5.75 Å². The smallest absolute Gasteiger partial charge is 0.348 e. The third-order valence-electron chi connectivity index (χ3n) is 2.85. The van der Waals surface area contributed by atoms with E-state index in [4.69, 9.17) is 9.47 Å². The Morgan fingerprint density at radius 3 is 2.36 bits per heavy atom. The van der Waals surface area contributed by atoms with E-state index in [1.54, 1.807) is 30.3 Å². The summed E-state index contributed by atoms with van der Waals surface area (Å²) in [4.78, 5) is 35.7. The third-order valence-corrected chi connectivity index (χ3v) is 6.08. The van der Waals surface area contributed by atoms with Crippen LogP contribution in [-0.2, 0) is 9.53 Å². The van der Waals surface area contributed by atoms with Crippen LogP contribution in [0.3, 0.4) is 0 Å². The number of hydrogen-bond donors (Lipinski definition) is 2. The Balaban J connectivity index is 1.78. The molecule has 0 aliphatic rings. The van der Waals surface area contributed by atoms with Gasteiger partial charge >= 0.3 is 5.97 Å². The number of esters is 1. The van der Waals surface area contributed by atoms with Crippen LogP contribution in [0.2, 0.25) is 0 Å². The molecule has 25 heavy (non-hydrogen) atoms. The number of hydrazine groups is 1. The summed E-state index contributed by atoms with van der Waals surface area (Å²) in [6.45, 7) is -0.519. The third kappa shape index (κ3) is 5.55. The predicted molar refractivity (Wildman–Crippen MR) is 98.6 cm³/mol. The van der Waals surface area contributed by atoms with E-state index in [2.05, 4.69) is 42.7 Å². The van der Waals surface area contributed by atoms with Gasteiger partial charge < -0.3 is 9.47 Å². The van der Waals surface area contributed by atoms with Crippen LogP contribution in [0, 0.1) is 0 Å². The van der Waals surface area contributed by atoms with Gasteiger partial charge in [-0.1, -0.05) is 0 Å². The average Bonchev–Trinajstić information content (AvgIpc) is 2.96. The van der Waals surface area contributed by atoms with E-state index in [-0.39, 0.29) is 0 Å². The number of thiophene rings is 1. The van der Waals surface area contributed by atoms with Gasteiger partial charge in [-0.05, 0) is 62.2 Å². The van der Waals surface area contributed by atoms with E-state index < -0.39 is 24.4 Å². The summed E-state index contributed by atoms with van der Waals surface area (Å²) in [6.07, 6.45) is 0. The summed E-state index contributed by atoms with van der Waals surface area (Å²) in [5.74, 6) is -1.19. The fourth-order valence-electron chi connectivity index (χ4n) is 1.63. The zero-order valence-electron chi connectivity index (χ0n) is 12.8. The Morgan fingerprint density at radius 1 is 1.12 bits per heavy atom. The van der Waals surface area contributed by atoms with E-state index in [1.165, 1.54) is 18.4 Å². The number of ether oxygens (including phenoxy) is 2. The lowest BCUT2D eigenvalue weighted by molar-refractivity contribution is -0.125. The minimum absolute atomic E-state index is 0.339. The maximum absolute atomic E-state index is 11.9. The number of benzene rings is 1. The van der Waals surface area contributed by atoms with Gasteiger partial charge in [-0.3, -0.25) is 20.4 Å². The average molecular weight is 492 g/mol. The molecule has 0 aliphatic carbocycles. The molecule has 2 amide bonds. The second kappa shape index (κ2) is 8.97. The summed E-state index contributed by atoms with van der Waals surface area (Å²) >= 11 is 7.70. The molecule has 2 aromatic rings. The predicted octanol–water partition coefficient (Wildman–Crippen LogP) is 2.90. The summed E-state index contributed by atoms with van der Waals surface area (Å²) in [5, 5.41) is 0. The van der Waals surface area contributed by atoms with Gasteiger partial charge in [0.05, 0.1) is 10.9 Å². The first-order valence-electron chi connectivity index (χ1n) is 6.76. The van der Waals surface area contributed by atoms with Crippen LogP contribution in [0.1, 0.15) is 20.0 Å². The van der Waals surface area contributed by atoms with Crippen molar-refractivity contribution in [3.63, 3.8) is 0 Å². The van der Waals surface area contributed by atoms with Crippen molar-refractivity contribution in [3.05, 3.63) is 49.0 Å². The number of halogens is 2. The van der Waals surface area contributed by atoms with Gasteiger partial charge in [-0.2, -0.15) is 0 Å². The molecule has 1 aromatic carbocycles. The molecule has 1 aromatic heterocycles. The molecular formula is C15H12Br2N2O5S. The van der Waals surface area contributed by atoms with Crippen LogP contribution >= 0.6 is 43.2 Å². The second-order valence-electron chi connectivity index (χ2n) is 4.54. The van der Waals surface area contributed by atoms with Crippen molar-refractivity contribution in [2.24, 2.45) is 0 Å². The van der Waals surface area contributed by atoms with Crippen LogP contribution in [0.15, 0.2) is 38.6 Å². The minimum Gasteiger partial charge on any atom is -0.497 e. The molecule has 132 valence electrons. The summed E-state index contributed by atoms with van der Waals surface area (Å²) in [6, 6.07) is 7.92. The summed E-state index contributed by atoms with van der Waals surface area (Å²) in [5.41, 5.74) is 4.74. The summed E-state index contributed by atoms with van der Waals surface area (Å²) in [7, 11) is 1.52. The molecule has 7 nitrogen and oxygen atoms in total. The first kappa shape index (κ1) is 19.4. The zero-order chi connectivity index (χ0) is 18.4. The van der Waals surface area contributed by atoms with Crippen LogP contribution < -0.4 is 15.6 Å². The highest BCUT2D eigenvalue weighted by Gasteiger charge is 2.15. The molecule has 0 fully saturated rings. The maximum Gasteiger partial charge on any atom is 0.348 e. The van der Waals surface area contributed by atoms with Crippen molar-refractivity contribution in [1.29, 1.82) is 0 Å². The van der Waals surface area contributed by atoms with E-state index in [0.29, 0.717) is 16.2 Å². The number of amides is 2. The highest BCUT2D eigenvalue weighted by atomic mass is 79.9. The van der Waals surface area contributed by atoms with Crippen molar-refractivity contribution < 1.29 is 23.9 Å². The van der Waals surface area contributed by atoms with Gasteiger partial charge in [0.2, 0.25) is 0 Å². The Morgan fingerprint density at radius 2 is 1.80 bits per heavy atom. The SMILES string of the molecule is COc1ccc(C(=O)NNC(=O)COC(=O)c2cc(Br)c(Br)s2)cc1. The van der Waals surface area contributed by atoms with Crippen molar-refractivity contribution in [1.82, 2.24) is 10.9 Å². The normalized spacial score (nSPS) is 10.0. The Bertz CT molecular complexity index is 772. The molecule has 0 radical (unpaired) electrons. The van der Waals surface area contributed by atoms with Gasteiger partial charge in [0.25, 0.3) is 11.8 Å². The van der Waals surface area contributed by atoms with Gasteiger partial charge in [-0.25, -0.2) is 4.79 Å². The number of methoxy groups -OCH3 is 1. The quantitative estimate of drug-likeness (QED) is 0.495. The highest BCUT2D eigenvalue weighted by Crippen LogP contribution is 2.32. The molecule has 0 unspecified atom stereocenters. The van der Waals surface area contributed by atoms with Crippen molar-refractivity contribution in [3.8, 4) is 5.75 Å². The minimum atomic E-state index is -0.662. The van der Waals surface area contributed by atoms with Gasteiger partial charge in [0.15, 0.2) is 6.61 Å². The number of carbonyl (C=O) groups excluding carboxylic acids is 3. The molecule has 0 aliphatic heterocycles. The first-order chi connectivity index (χ1) is 11.9. The largest absolute Gasteiger partial charge is 0.497 e. The van der Waals surface area contributed by atoms with Crippen LogP contribution in [0.25, 0.3) is 0 Å². The molecule has 2 N–H and O–H groups in total. The number of rotatable bonds is 5.